The van der Waals surface area contributed by atoms with Crippen molar-refractivity contribution in [3.8, 4) is 0 Å². The fraction of sp³-hybridized carbons (Fsp3) is 0.800. The number of imide groups is 1. The molecule has 0 aromatic carbocycles. The van der Waals surface area contributed by atoms with Crippen molar-refractivity contribution < 1.29 is 9.59 Å². The third kappa shape index (κ3) is 1.66. The van der Waals surface area contributed by atoms with Crippen LogP contribution in [-0.4, -0.2) is 35.3 Å². The number of hydrogen-bond acceptors (Lipinski definition) is 3. The van der Waals surface area contributed by atoms with Crippen LogP contribution >= 0.6 is 0 Å². The molecule has 2 amide bonds. The van der Waals surface area contributed by atoms with Gasteiger partial charge in [0.15, 0.2) is 0 Å². The molecule has 0 aromatic heterocycles. The molecular weight excluding hydrogens is 180 g/mol. The summed E-state index contributed by atoms with van der Waals surface area (Å²) in [4.78, 5) is 24.4. The van der Waals surface area contributed by atoms with Crippen LogP contribution in [0.3, 0.4) is 0 Å². The van der Waals surface area contributed by atoms with Gasteiger partial charge >= 0.3 is 0 Å². The number of piperidine rings is 1. The third-order valence-corrected chi connectivity index (χ3v) is 3.09. The molecule has 4 heteroatoms. The number of nitrogens with zero attached hydrogens (tertiary/aromatic N) is 1. The number of rotatable bonds is 1. The molecule has 1 N–H and O–H groups in total. The van der Waals surface area contributed by atoms with Crippen molar-refractivity contribution in [2.45, 2.75) is 44.7 Å². The zero-order valence-corrected chi connectivity index (χ0v) is 8.45. The van der Waals surface area contributed by atoms with Crippen molar-refractivity contribution in [3.63, 3.8) is 0 Å². The number of carbonyl (C=O) groups excluding carboxylic acids is 2. The van der Waals surface area contributed by atoms with Crippen LogP contribution in [0.5, 0.6) is 0 Å². The summed E-state index contributed by atoms with van der Waals surface area (Å²) in [5.74, 6) is 0.0210. The number of amides is 2. The van der Waals surface area contributed by atoms with E-state index in [1.807, 2.05) is 0 Å². The minimum absolute atomic E-state index is 0.0105. The molecule has 2 aliphatic rings. The van der Waals surface area contributed by atoms with Gasteiger partial charge in [-0.05, 0) is 19.8 Å². The first-order valence-corrected chi connectivity index (χ1v) is 5.27. The molecular formula is C10H16N2O2. The zero-order valence-electron chi connectivity index (χ0n) is 8.45. The van der Waals surface area contributed by atoms with E-state index in [0.29, 0.717) is 18.9 Å². The maximum Gasteiger partial charge on any atom is 0.229 e. The van der Waals surface area contributed by atoms with Gasteiger partial charge in [0.25, 0.3) is 0 Å². The van der Waals surface area contributed by atoms with Crippen LogP contribution in [0.4, 0.5) is 0 Å². The molecule has 78 valence electrons. The van der Waals surface area contributed by atoms with E-state index in [4.69, 9.17) is 0 Å². The average molecular weight is 196 g/mol. The Balaban J connectivity index is 2.00. The maximum absolute atomic E-state index is 11.4. The maximum atomic E-state index is 11.4. The Morgan fingerprint density at radius 2 is 1.86 bits per heavy atom. The van der Waals surface area contributed by atoms with Gasteiger partial charge in [0.2, 0.25) is 11.8 Å². The molecule has 2 fully saturated rings. The van der Waals surface area contributed by atoms with Gasteiger partial charge in [-0.15, -0.1) is 0 Å². The highest BCUT2D eigenvalue weighted by Gasteiger charge is 2.36. The smallest absolute Gasteiger partial charge is 0.229 e. The SMILES string of the molecule is CC1CCC(N2C(=O)CCC2=O)CN1. The fourth-order valence-electron chi connectivity index (χ4n) is 2.21. The first kappa shape index (κ1) is 9.65. The summed E-state index contributed by atoms with van der Waals surface area (Å²) in [5.41, 5.74) is 0. The molecule has 2 saturated heterocycles. The molecule has 2 aliphatic heterocycles. The van der Waals surface area contributed by atoms with Crippen molar-refractivity contribution in [1.29, 1.82) is 0 Å². The molecule has 0 bridgehead atoms. The van der Waals surface area contributed by atoms with E-state index < -0.39 is 0 Å². The lowest BCUT2D eigenvalue weighted by atomic mass is 10.0. The van der Waals surface area contributed by atoms with E-state index >= 15 is 0 Å². The van der Waals surface area contributed by atoms with Crippen molar-refractivity contribution >= 4 is 11.8 Å². The van der Waals surface area contributed by atoms with Crippen LogP contribution in [-0.2, 0) is 9.59 Å². The normalized spacial score (nSPS) is 33.9. The summed E-state index contributed by atoms with van der Waals surface area (Å²) in [7, 11) is 0. The van der Waals surface area contributed by atoms with Crippen molar-refractivity contribution in [1.82, 2.24) is 10.2 Å². The molecule has 14 heavy (non-hydrogen) atoms. The first-order chi connectivity index (χ1) is 6.68. The lowest BCUT2D eigenvalue weighted by molar-refractivity contribution is -0.141. The first-order valence-electron chi connectivity index (χ1n) is 5.27. The fourth-order valence-corrected chi connectivity index (χ4v) is 2.21. The topological polar surface area (TPSA) is 49.4 Å². The molecule has 2 heterocycles. The van der Waals surface area contributed by atoms with Crippen LogP contribution < -0.4 is 5.32 Å². The average Bonchev–Trinajstić information content (AvgIpc) is 2.49. The van der Waals surface area contributed by atoms with E-state index in [1.165, 1.54) is 4.90 Å². The van der Waals surface area contributed by atoms with Gasteiger partial charge in [-0.2, -0.15) is 0 Å². The minimum Gasteiger partial charge on any atom is -0.312 e. The summed E-state index contributed by atoms with van der Waals surface area (Å²) in [6, 6.07) is 0.618. The molecule has 0 aliphatic carbocycles. The van der Waals surface area contributed by atoms with Gasteiger partial charge in [0.1, 0.15) is 0 Å². The Hall–Kier alpha value is -0.900. The number of hydrogen-bond donors (Lipinski definition) is 1. The number of nitrogens with one attached hydrogen (secondary N) is 1. The molecule has 2 unspecified atom stereocenters. The Morgan fingerprint density at radius 1 is 1.21 bits per heavy atom. The monoisotopic (exact) mass is 196 g/mol. The Labute approximate surface area is 83.6 Å². The molecule has 0 aromatic rings. The summed E-state index contributed by atoms with van der Waals surface area (Å²) in [5, 5.41) is 3.30. The summed E-state index contributed by atoms with van der Waals surface area (Å²) in [6.07, 6.45) is 2.81. The second-order valence-electron chi connectivity index (χ2n) is 4.20. The quantitative estimate of drug-likeness (QED) is 0.613. The number of likely N-dealkylation sites (tertiary alicyclic amines) is 1. The third-order valence-electron chi connectivity index (χ3n) is 3.09. The molecule has 0 radical (unpaired) electrons. The van der Waals surface area contributed by atoms with Crippen LogP contribution in [0.2, 0.25) is 0 Å². The van der Waals surface area contributed by atoms with Crippen LogP contribution in [0.25, 0.3) is 0 Å². The van der Waals surface area contributed by atoms with Crippen LogP contribution in [0, 0.1) is 0 Å². The Kier molecular flexibility index (Phi) is 2.54. The predicted molar refractivity (Wildman–Crippen MR) is 51.6 cm³/mol. The van der Waals surface area contributed by atoms with Gasteiger partial charge in [-0.3, -0.25) is 14.5 Å². The van der Waals surface area contributed by atoms with Crippen LogP contribution in [0.1, 0.15) is 32.6 Å². The van der Waals surface area contributed by atoms with E-state index in [-0.39, 0.29) is 17.9 Å². The zero-order chi connectivity index (χ0) is 10.1. The van der Waals surface area contributed by atoms with Crippen LogP contribution in [0.15, 0.2) is 0 Å². The summed E-state index contributed by atoms with van der Waals surface area (Å²) in [6.45, 7) is 2.89. The van der Waals surface area contributed by atoms with Gasteiger partial charge in [-0.1, -0.05) is 0 Å². The van der Waals surface area contributed by atoms with Crippen molar-refractivity contribution in [2.24, 2.45) is 0 Å². The van der Waals surface area contributed by atoms with Crippen molar-refractivity contribution in [2.75, 3.05) is 6.54 Å². The lowest BCUT2D eigenvalue weighted by Crippen LogP contribution is -2.50. The van der Waals surface area contributed by atoms with Gasteiger partial charge in [0, 0.05) is 25.4 Å². The molecule has 0 saturated carbocycles. The summed E-state index contributed by atoms with van der Waals surface area (Å²) < 4.78 is 0. The highest BCUT2D eigenvalue weighted by molar-refractivity contribution is 6.02. The van der Waals surface area contributed by atoms with Gasteiger partial charge in [-0.25, -0.2) is 0 Å². The molecule has 2 atom stereocenters. The van der Waals surface area contributed by atoms with E-state index in [0.717, 1.165) is 19.4 Å². The van der Waals surface area contributed by atoms with Gasteiger partial charge in [0.05, 0.1) is 6.04 Å². The Bertz CT molecular complexity index is 241. The number of carbonyl (C=O) groups is 2. The highest BCUT2D eigenvalue weighted by atomic mass is 16.2. The lowest BCUT2D eigenvalue weighted by Gasteiger charge is -2.32. The van der Waals surface area contributed by atoms with Gasteiger partial charge < -0.3 is 5.32 Å². The molecule has 4 nitrogen and oxygen atoms in total. The van der Waals surface area contributed by atoms with E-state index in [2.05, 4.69) is 12.2 Å². The minimum atomic E-state index is 0.0105. The second kappa shape index (κ2) is 3.69. The Morgan fingerprint density at radius 3 is 2.36 bits per heavy atom. The van der Waals surface area contributed by atoms with E-state index in [1.54, 1.807) is 0 Å². The van der Waals surface area contributed by atoms with Crippen molar-refractivity contribution in [3.05, 3.63) is 0 Å². The summed E-state index contributed by atoms with van der Waals surface area (Å²) >= 11 is 0. The predicted octanol–water partition coefficient (Wildman–Crippen LogP) is 0.276. The largest absolute Gasteiger partial charge is 0.312 e. The highest BCUT2D eigenvalue weighted by Crippen LogP contribution is 2.20. The molecule has 2 rings (SSSR count). The van der Waals surface area contributed by atoms with E-state index in [9.17, 15) is 9.59 Å². The standard InChI is InChI=1S/C10H16N2O2/c1-7-2-3-8(6-11-7)12-9(13)4-5-10(12)14/h7-8,11H,2-6H2,1H3. The second-order valence-corrected chi connectivity index (χ2v) is 4.20. The molecule has 0 spiro atoms.